The lowest BCUT2D eigenvalue weighted by Gasteiger charge is -2.26. The molecule has 4 rings (SSSR count). The van der Waals surface area contributed by atoms with Crippen LogP contribution in [-0.2, 0) is 28.1 Å². The topological polar surface area (TPSA) is 114 Å². The highest BCUT2D eigenvalue weighted by Crippen LogP contribution is 2.36. The third-order valence-corrected chi connectivity index (χ3v) is 7.58. The van der Waals surface area contributed by atoms with Crippen LogP contribution < -0.4 is 10.6 Å². The number of ketones is 1. The molecule has 1 fully saturated rings. The maximum atomic E-state index is 13.9. The molecule has 0 saturated carbocycles. The number of alkyl halides is 2. The van der Waals surface area contributed by atoms with E-state index in [4.69, 9.17) is 0 Å². The van der Waals surface area contributed by atoms with Crippen molar-refractivity contribution in [3.8, 4) is 0 Å². The standard InChI is InChI=1S/C25H25F2N5O3S/c1-24(26,27)20-4-2-3-5-21(20)32-19-7-6-18(30-14-19)13-31-23(34)25(8-9-36(35)15-25)10-22(33)17-11-28-16-29-12-17/h2-7,11-12,14,16,32H,8-10,13,15H2,1H3,(H,31,34). The number of nitrogens with one attached hydrogen (secondary N) is 2. The van der Waals surface area contributed by atoms with Gasteiger partial charge >= 0.3 is 0 Å². The first-order chi connectivity index (χ1) is 17.2. The van der Waals surface area contributed by atoms with Gasteiger partial charge in [-0.25, -0.2) is 18.7 Å². The first kappa shape index (κ1) is 25.5. The van der Waals surface area contributed by atoms with E-state index < -0.39 is 22.1 Å². The number of carbonyl (C=O) groups is 2. The molecule has 8 nitrogen and oxygen atoms in total. The molecule has 3 aromatic rings. The Morgan fingerprint density at radius 1 is 1.11 bits per heavy atom. The SMILES string of the molecule is CC(F)(F)c1ccccc1Nc1ccc(CNC(=O)C2(CC(=O)c3cncnc3)CCS(=O)C2)nc1. The van der Waals surface area contributed by atoms with Crippen molar-refractivity contribution in [2.24, 2.45) is 5.41 Å². The molecule has 36 heavy (non-hydrogen) atoms. The van der Waals surface area contributed by atoms with Crippen LogP contribution in [0, 0.1) is 5.41 Å². The predicted octanol–water partition coefficient (Wildman–Crippen LogP) is 3.75. The summed E-state index contributed by atoms with van der Waals surface area (Å²) < 4.78 is 39.9. The van der Waals surface area contributed by atoms with Gasteiger partial charge in [0.2, 0.25) is 5.91 Å². The molecule has 1 aromatic carbocycles. The van der Waals surface area contributed by atoms with Gasteiger partial charge in [-0.1, -0.05) is 18.2 Å². The lowest BCUT2D eigenvalue weighted by atomic mass is 9.80. The summed E-state index contributed by atoms with van der Waals surface area (Å²) in [6.45, 7) is 0.936. The van der Waals surface area contributed by atoms with Gasteiger partial charge in [0.05, 0.1) is 35.1 Å². The molecule has 3 heterocycles. The molecule has 2 atom stereocenters. The number of para-hydroxylation sites is 1. The fourth-order valence-corrected chi connectivity index (χ4v) is 5.86. The highest BCUT2D eigenvalue weighted by Gasteiger charge is 2.46. The van der Waals surface area contributed by atoms with E-state index in [1.165, 1.54) is 31.0 Å². The van der Waals surface area contributed by atoms with Crippen molar-refractivity contribution in [3.05, 3.63) is 78.1 Å². The van der Waals surface area contributed by atoms with Gasteiger partial charge in [0.15, 0.2) is 5.78 Å². The number of Topliss-reactive ketones (excluding diaryl/α,β-unsaturated/α-hetero) is 1. The highest BCUT2D eigenvalue weighted by molar-refractivity contribution is 7.85. The van der Waals surface area contributed by atoms with E-state index in [1.807, 2.05) is 0 Å². The van der Waals surface area contributed by atoms with Crippen LogP contribution in [0.15, 0.2) is 61.3 Å². The number of rotatable bonds is 9. The van der Waals surface area contributed by atoms with Crippen molar-refractivity contribution in [2.75, 3.05) is 16.8 Å². The molecule has 1 aliphatic heterocycles. The number of nitrogens with zero attached hydrogens (tertiary/aromatic N) is 3. The molecule has 0 spiro atoms. The van der Waals surface area contributed by atoms with Crippen molar-refractivity contribution >= 4 is 33.9 Å². The van der Waals surface area contributed by atoms with Crippen LogP contribution in [0.25, 0.3) is 0 Å². The molecular formula is C25H25F2N5O3S. The molecule has 0 aliphatic carbocycles. The number of aromatic nitrogens is 3. The van der Waals surface area contributed by atoms with Gasteiger partial charge in [0.1, 0.15) is 6.33 Å². The van der Waals surface area contributed by atoms with Gasteiger partial charge < -0.3 is 10.6 Å². The number of hydrogen-bond donors (Lipinski definition) is 2. The zero-order valence-electron chi connectivity index (χ0n) is 19.5. The van der Waals surface area contributed by atoms with E-state index in [0.29, 0.717) is 29.1 Å². The van der Waals surface area contributed by atoms with E-state index in [1.54, 1.807) is 30.3 Å². The van der Waals surface area contributed by atoms with Crippen molar-refractivity contribution in [2.45, 2.75) is 32.2 Å². The number of pyridine rings is 1. The molecule has 1 amide bonds. The Kier molecular flexibility index (Phi) is 7.48. The summed E-state index contributed by atoms with van der Waals surface area (Å²) in [7, 11) is -1.19. The van der Waals surface area contributed by atoms with Crippen LogP contribution in [0.3, 0.4) is 0 Å². The summed E-state index contributed by atoms with van der Waals surface area (Å²) in [6, 6.07) is 9.49. The van der Waals surface area contributed by atoms with E-state index in [0.717, 1.165) is 6.92 Å². The third-order valence-electron chi connectivity index (χ3n) is 6.04. The molecule has 2 aromatic heterocycles. The Morgan fingerprint density at radius 3 is 2.50 bits per heavy atom. The van der Waals surface area contributed by atoms with E-state index >= 15 is 0 Å². The van der Waals surface area contributed by atoms with E-state index in [9.17, 15) is 22.6 Å². The Morgan fingerprint density at radius 2 is 1.86 bits per heavy atom. The van der Waals surface area contributed by atoms with Crippen molar-refractivity contribution < 1.29 is 22.6 Å². The molecule has 11 heteroatoms. The summed E-state index contributed by atoms with van der Waals surface area (Å²) in [5.74, 6) is -3.19. The second-order valence-electron chi connectivity index (χ2n) is 8.83. The lowest BCUT2D eigenvalue weighted by Crippen LogP contribution is -2.43. The Hall–Kier alpha value is -3.60. The zero-order valence-corrected chi connectivity index (χ0v) is 20.4. The quantitative estimate of drug-likeness (QED) is 0.419. The summed E-state index contributed by atoms with van der Waals surface area (Å²) >= 11 is 0. The Labute approximate surface area is 209 Å². The van der Waals surface area contributed by atoms with Crippen LogP contribution >= 0.6 is 0 Å². The molecule has 0 bridgehead atoms. The fourth-order valence-electron chi connectivity index (χ4n) is 4.10. The van der Waals surface area contributed by atoms with Crippen LogP contribution in [0.4, 0.5) is 20.2 Å². The summed E-state index contributed by atoms with van der Waals surface area (Å²) in [5.41, 5.74) is 0.429. The fraction of sp³-hybridized carbons (Fsp3) is 0.320. The molecule has 1 aliphatic rings. The Bertz CT molecular complexity index is 1270. The molecule has 188 valence electrons. The maximum absolute atomic E-state index is 13.9. The van der Waals surface area contributed by atoms with Crippen molar-refractivity contribution in [1.82, 2.24) is 20.3 Å². The number of carbonyl (C=O) groups excluding carboxylic acids is 2. The zero-order chi connectivity index (χ0) is 25.8. The number of anilines is 2. The third kappa shape index (κ3) is 5.96. The molecule has 2 N–H and O–H groups in total. The summed E-state index contributed by atoms with van der Waals surface area (Å²) in [4.78, 5) is 37.9. The van der Waals surface area contributed by atoms with Crippen LogP contribution in [0.5, 0.6) is 0 Å². The minimum atomic E-state index is -3.00. The van der Waals surface area contributed by atoms with Crippen molar-refractivity contribution in [1.29, 1.82) is 0 Å². The Balaban J connectivity index is 1.41. The number of amides is 1. The van der Waals surface area contributed by atoms with Crippen molar-refractivity contribution in [3.63, 3.8) is 0 Å². The van der Waals surface area contributed by atoms with Gasteiger partial charge in [-0.2, -0.15) is 0 Å². The molecular weight excluding hydrogens is 488 g/mol. The minimum absolute atomic E-state index is 0.0876. The van der Waals surface area contributed by atoms with Crippen LogP contribution in [-0.4, -0.2) is 42.4 Å². The molecule has 0 radical (unpaired) electrons. The van der Waals surface area contributed by atoms with Gasteiger partial charge in [-0.05, 0) is 24.6 Å². The normalized spacial score (nSPS) is 19.6. The predicted molar refractivity (Wildman–Crippen MR) is 131 cm³/mol. The lowest BCUT2D eigenvalue weighted by molar-refractivity contribution is -0.129. The average Bonchev–Trinajstić information content (AvgIpc) is 3.25. The molecule has 2 unspecified atom stereocenters. The largest absolute Gasteiger partial charge is 0.354 e. The number of halogens is 2. The van der Waals surface area contributed by atoms with E-state index in [2.05, 4.69) is 25.6 Å². The van der Waals surface area contributed by atoms with Gasteiger partial charge in [0, 0.05) is 59.3 Å². The first-order valence-electron chi connectivity index (χ1n) is 11.3. The monoisotopic (exact) mass is 513 g/mol. The maximum Gasteiger partial charge on any atom is 0.272 e. The van der Waals surface area contributed by atoms with E-state index in [-0.39, 0.29) is 41.7 Å². The first-order valence-corrected chi connectivity index (χ1v) is 12.8. The second kappa shape index (κ2) is 10.6. The minimum Gasteiger partial charge on any atom is -0.354 e. The molecule has 1 saturated heterocycles. The smallest absolute Gasteiger partial charge is 0.272 e. The second-order valence-corrected chi connectivity index (χ2v) is 10.4. The summed E-state index contributed by atoms with van der Waals surface area (Å²) in [5, 5.41) is 5.77. The van der Waals surface area contributed by atoms with Crippen LogP contribution in [0.2, 0.25) is 0 Å². The number of benzene rings is 1. The van der Waals surface area contributed by atoms with Gasteiger partial charge in [-0.3, -0.25) is 18.8 Å². The van der Waals surface area contributed by atoms with Gasteiger partial charge in [-0.15, -0.1) is 0 Å². The average molecular weight is 514 g/mol. The van der Waals surface area contributed by atoms with Crippen LogP contribution in [0.1, 0.15) is 41.4 Å². The van der Waals surface area contributed by atoms with Gasteiger partial charge in [0.25, 0.3) is 5.92 Å². The number of hydrogen-bond acceptors (Lipinski definition) is 7. The highest BCUT2D eigenvalue weighted by atomic mass is 32.2. The summed E-state index contributed by atoms with van der Waals surface area (Å²) in [6.07, 6.45) is 5.85.